The highest BCUT2D eigenvalue weighted by Gasteiger charge is 2.17. The molecule has 0 aliphatic carbocycles. The van der Waals surface area contributed by atoms with Gasteiger partial charge >= 0.3 is 0 Å². The van der Waals surface area contributed by atoms with Crippen molar-refractivity contribution in [2.24, 2.45) is 0 Å². The number of amides is 1. The third-order valence-corrected chi connectivity index (χ3v) is 4.50. The van der Waals surface area contributed by atoms with Crippen molar-refractivity contribution in [2.75, 3.05) is 11.1 Å². The molecule has 2 rings (SSSR count). The number of halogens is 1. The van der Waals surface area contributed by atoms with E-state index in [2.05, 4.69) is 27.9 Å². The number of nitrogens with two attached hydrogens (primary N) is 1. The van der Waals surface area contributed by atoms with Crippen LogP contribution in [0.2, 0.25) is 0 Å². The third kappa shape index (κ3) is 2.67. The first kappa shape index (κ1) is 13.4. The number of hydrogen-bond acceptors (Lipinski definition) is 3. The van der Waals surface area contributed by atoms with E-state index in [9.17, 15) is 4.79 Å². The third-order valence-electron chi connectivity index (χ3n) is 2.74. The van der Waals surface area contributed by atoms with E-state index in [0.717, 1.165) is 19.7 Å². The maximum Gasteiger partial charge on any atom is 0.258 e. The first-order valence-corrected chi connectivity index (χ1v) is 7.31. The van der Waals surface area contributed by atoms with Crippen LogP contribution in [0.25, 0.3) is 0 Å². The molecule has 0 atom stereocenters. The number of hydrogen-bond donors (Lipinski definition) is 2. The minimum absolute atomic E-state index is 0.143. The van der Waals surface area contributed by atoms with E-state index in [1.807, 2.05) is 38.1 Å². The molecule has 0 unspecified atom stereocenters. The highest BCUT2D eigenvalue weighted by Crippen LogP contribution is 2.30. The van der Waals surface area contributed by atoms with Crippen LogP contribution in [0.4, 0.5) is 10.7 Å². The number of nitrogens with one attached hydrogen (secondary N) is 1. The molecule has 0 saturated carbocycles. The second-order valence-electron chi connectivity index (χ2n) is 3.98. The molecule has 3 nitrogen and oxygen atoms in total. The molecular weight excluding hydrogens is 359 g/mol. The summed E-state index contributed by atoms with van der Waals surface area (Å²) in [6.45, 7) is 3.89. The lowest BCUT2D eigenvalue weighted by molar-refractivity contribution is 0.102. The zero-order valence-corrected chi connectivity index (χ0v) is 13.1. The molecule has 94 valence electrons. The number of aryl methyl sites for hydroxylation is 1. The first-order valence-electron chi connectivity index (χ1n) is 5.41. The molecule has 0 bridgehead atoms. The van der Waals surface area contributed by atoms with Crippen LogP contribution in [-0.4, -0.2) is 5.91 Å². The number of carbonyl (C=O) groups is 1. The molecule has 3 N–H and O–H groups in total. The van der Waals surface area contributed by atoms with E-state index in [4.69, 9.17) is 5.73 Å². The first-order chi connectivity index (χ1) is 8.49. The SMILES string of the molecule is Cc1sc(N)c(C(=O)Nc2ccc(I)cc2)c1C. The van der Waals surface area contributed by atoms with Crippen molar-refractivity contribution in [2.45, 2.75) is 13.8 Å². The highest BCUT2D eigenvalue weighted by molar-refractivity contribution is 14.1. The van der Waals surface area contributed by atoms with Gasteiger partial charge in [-0.1, -0.05) is 0 Å². The van der Waals surface area contributed by atoms with E-state index in [0.29, 0.717) is 10.6 Å². The molecule has 0 saturated heterocycles. The van der Waals surface area contributed by atoms with Gasteiger partial charge in [0.2, 0.25) is 0 Å². The largest absolute Gasteiger partial charge is 0.390 e. The Kier molecular flexibility index (Phi) is 3.91. The van der Waals surface area contributed by atoms with Gasteiger partial charge < -0.3 is 11.1 Å². The number of anilines is 2. The van der Waals surface area contributed by atoms with Gasteiger partial charge in [0.05, 0.1) is 10.6 Å². The van der Waals surface area contributed by atoms with Gasteiger partial charge in [-0.05, 0) is 66.3 Å². The standard InChI is InChI=1S/C13H13IN2OS/c1-7-8(2)18-12(15)11(7)13(17)16-10-5-3-9(14)4-6-10/h3-6H,15H2,1-2H3,(H,16,17). The number of nitrogen functional groups attached to an aromatic ring is 1. The van der Waals surface area contributed by atoms with Gasteiger partial charge in [-0.15, -0.1) is 11.3 Å². The van der Waals surface area contributed by atoms with Gasteiger partial charge in [-0.25, -0.2) is 0 Å². The zero-order chi connectivity index (χ0) is 13.3. The van der Waals surface area contributed by atoms with Crippen molar-refractivity contribution < 1.29 is 4.79 Å². The Morgan fingerprint density at radius 2 is 1.89 bits per heavy atom. The summed E-state index contributed by atoms with van der Waals surface area (Å²) in [7, 11) is 0. The second kappa shape index (κ2) is 5.27. The lowest BCUT2D eigenvalue weighted by Gasteiger charge is -2.06. The maximum absolute atomic E-state index is 12.2. The lowest BCUT2D eigenvalue weighted by Crippen LogP contribution is -2.13. The van der Waals surface area contributed by atoms with E-state index in [1.54, 1.807) is 0 Å². The molecule has 0 aliphatic heterocycles. The Bertz CT molecular complexity index is 590. The van der Waals surface area contributed by atoms with Crippen LogP contribution in [-0.2, 0) is 0 Å². The molecule has 0 aliphatic rings. The van der Waals surface area contributed by atoms with Crippen LogP contribution in [0.1, 0.15) is 20.8 Å². The second-order valence-corrected chi connectivity index (χ2v) is 6.49. The van der Waals surface area contributed by atoms with Crippen LogP contribution < -0.4 is 11.1 Å². The monoisotopic (exact) mass is 372 g/mol. The average molecular weight is 372 g/mol. The van der Waals surface area contributed by atoms with Gasteiger partial charge in [-0.2, -0.15) is 0 Å². The van der Waals surface area contributed by atoms with Crippen molar-refractivity contribution in [3.05, 3.63) is 43.8 Å². The smallest absolute Gasteiger partial charge is 0.258 e. The molecule has 1 aromatic heterocycles. The quantitative estimate of drug-likeness (QED) is 0.788. The molecule has 1 amide bonds. The zero-order valence-electron chi connectivity index (χ0n) is 10.1. The highest BCUT2D eigenvalue weighted by atomic mass is 127. The minimum atomic E-state index is -0.143. The van der Waals surface area contributed by atoms with Gasteiger partial charge in [0.15, 0.2) is 0 Å². The predicted octanol–water partition coefficient (Wildman–Crippen LogP) is 3.80. The van der Waals surface area contributed by atoms with Crippen molar-refractivity contribution >= 4 is 50.5 Å². The number of benzene rings is 1. The Hall–Kier alpha value is -1.08. The van der Waals surface area contributed by atoms with Gasteiger partial charge in [0.25, 0.3) is 5.91 Å². The van der Waals surface area contributed by atoms with Crippen molar-refractivity contribution in [3.63, 3.8) is 0 Å². The maximum atomic E-state index is 12.2. The summed E-state index contributed by atoms with van der Waals surface area (Å²) in [5.74, 6) is -0.143. The van der Waals surface area contributed by atoms with Gasteiger partial charge in [0, 0.05) is 14.1 Å². The molecule has 1 heterocycles. The molecule has 0 radical (unpaired) electrons. The molecule has 0 spiro atoms. The normalized spacial score (nSPS) is 10.4. The number of carbonyl (C=O) groups excluding carboxylic acids is 1. The van der Waals surface area contributed by atoms with Gasteiger partial charge in [0.1, 0.15) is 0 Å². The Morgan fingerprint density at radius 3 is 2.39 bits per heavy atom. The van der Waals surface area contributed by atoms with Crippen LogP contribution >= 0.6 is 33.9 Å². The topological polar surface area (TPSA) is 55.1 Å². The van der Waals surface area contributed by atoms with Crippen molar-refractivity contribution in [1.29, 1.82) is 0 Å². The Labute approximate surface area is 124 Å². The summed E-state index contributed by atoms with van der Waals surface area (Å²) in [6.07, 6.45) is 0. The minimum Gasteiger partial charge on any atom is -0.390 e. The predicted molar refractivity (Wildman–Crippen MR) is 85.3 cm³/mol. The summed E-state index contributed by atoms with van der Waals surface area (Å²) < 4.78 is 1.13. The van der Waals surface area contributed by atoms with Crippen LogP contribution in [0.3, 0.4) is 0 Å². The molecule has 0 fully saturated rings. The molecular formula is C13H13IN2OS. The molecule has 1 aromatic carbocycles. The lowest BCUT2D eigenvalue weighted by atomic mass is 10.1. The summed E-state index contributed by atoms with van der Waals surface area (Å²) in [6, 6.07) is 7.66. The van der Waals surface area contributed by atoms with Crippen LogP contribution in [0.15, 0.2) is 24.3 Å². The summed E-state index contributed by atoms with van der Waals surface area (Å²) >= 11 is 3.68. The summed E-state index contributed by atoms with van der Waals surface area (Å²) in [5.41, 5.74) is 8.21. The van der Waals surface area contributed by atoms with E-state index in [-0.39, 0.29) is 5.91 Å². The fraction of sp³-hybridized carbons (Fsp3) is 0.154. The summed E-state index contributed by atoms with van der Waals surface area (Å²) in [5, 5.41) is 3.44. The van der Waals surface area contributed by atoms with E-state index < -0.39 is 0 Å². The van der Waals surface area contributed by atoms with E-state index in [1.165, 1.54) is 11.3 Å². The average Bonchev–Trinajstić information content (AvgIpc) is 2.56. The molecule has 18 heavy (non-hydrogen) atoms. The van der Waals surface area contributed by atoms with Crippen LogP contribution in [0, 0.1) is 17.4 Å². The van der Waals surface area contributed by atoms with Gasteiger partial charge in [-0.3, -0.25) is 4.79 Å². The van der Waals surface area contributed by atoms with Crippen LogP contribution in [0.5, 0.6) is 0 Å². The Morgan fingerprint density at radius 1 is 1.28 bits per heavy atom. The van der Waals surface area contributed by atoms with E-state index >= 15 is 0 Å². The molecule has 2 aromatic rings. The Balaban J connectivity index is 2.24. The van der Waals surface area contributed by atoms with Crippen molar-refractivity contribution in [1.82, 2.24) is 0 Å². The van der Waals surface area contributed by atoms with Crippen molar-refractivity contribution in [3.8, 4) is 0 Å². The fourth-order valence-corrected chi connectivity index (χ4v) is 2.95. The fourth-order valence-electron chi connectivity index (χ4n) is 1.66. The number of thiophene rings is 1. The summed E-state index contributed by atoms with van der Waals surface area (Å²) in [4.78, 5) is 13.3. The molecule has 5 heteroatoms. The number of rotatable bonds is 2.